The summed E-state index contributed by atoms with van der Waals surface area (Å²) in [5.41, 5.74) is -0.291. The monoisotopic (exact) mass is 403 g/mol. The summed E-state index contributed by atoms with van der Waals surface area (Å²) in [6.45, 7) is 7.56. The fourth-order valence-electron chi connectivity index (χ4n) is 2.71. The van der Waals surface area contributed by atoms with Gasteiger partial charge in [-0.2, -0.15) is 13.2 Å². The van der Waals surface area contributed by atoms with Gasteiger partial charge in [-0.05, 0) is 60.2 Å². The summed E-state index contributed by atoms with van der Waals surface area (Å²) in [6, 6.07) is 5.93. The third-order valence-corrected chi connectivity index (χ3v) is 6.01. The van der Waals surface area contributed by atoms with Crippen LogP contribution in [0.1, 0.15) is 43.9 Å². The Bertz CT molecular complexity index is 951. The van der Waals surface area contributed by atoms with E-state index in [1.54, 1.807) is 6.92 Å². The predicted molar refractivity (Wildman–Crippen MR) is 96.7 cm³/mol. The SMILES string of the molecule is CCC(C)(C)c1cc(NS(=O)(=O)c2cccc(C(F)(F)F)c2)c(F)cc1C. The molecule has 27 heavy (non-hydrogen) atoms. The van der Waals surface area contributed by atoms with Gasteiger partial charge < -0.3 is 0 Å². The molecule has 0 bridgehead atoms. The lowest BCUT2D eigenvalue weighted by Crippen LogP contribution is -2.20. The molecule has 0 aliphatic rings. The molecule has 1 N–H and O–H groups in total. The van der Waals surface area contributed by atoms with E-state index in [1.165, 1.54) is 12.1 Å². The number of sulfonamides is 1. The summed E-state index contributed by atoms with van der Waals surface area (Å²) in [5, 5.41) is 0. The van der Waals surface area contributed by atoms with Crippen molar-refractivity contribution in [1.29, 1.82) is 0 Å². The van der Waals surface area contributed by atoms with Crippen LogP contribution in [0, 0.1) is 12.7 Å². The lowest BCUT2D eigenvalue weighted by molar-refractivity contribution is -0.137. The second-order valence-corrected chi connectivity index (χ2v) is 8.70. The molecule has 0 saturated carbocycles. The molecule has 0 spiro atoms. The number of aryl methyl sites for hydroxylation is 1. The van der Waals surface area contributed by atoms with Crippen LogP contribution >= 0.6 is 0 Å². The number of halogens is 4. The maximum atomic E-state index is 14.3. The molecule has 0 aliphatic heterocycles. The Labute approximate surface area is 156 Å². The lowest BCUT2D eigenvalue weighted by atomic mass is 9.80. The largest absolute Gasteiger partial charge is 0.416 e. The second-order valence-electron chi connectivity index (χ2n) is 7.02. The minimum atomic E-state index is -4.68. The molecule has 0 fully saturated rings. The van der Waals surface area contributed by atoms with Crippen LogP contribution in [-0.4, -0.2) is 8.42 Å². The van der Waals surface area contributed by atoms with Gasteiger partial charge in [0.2, 0.25) is 0 Å². The van der Waals surface area contributed by atoms with E-state index in [0.717, 1.165) is 30.2 Å². The van der Waals surface area contributed by atoms with Gasteiger partial charge in [0.1, 0.15) is 5.82 Å². The van der Waals surface area contributed by atoms with Crippen molar-refractivity contribution >= 4 is 15.7 Å². The molecule has 8 heteroatoms. The van der Waals surface area contributed by atoms with Crippen LogP contribution < -0.4 is 4.72 Å². The van der Waals surface area contributed by atoms with Crippen molar-refractivity contribution in [3.8, 4) is 0 Å². The van der Waals surface area contributed by atoms with Crippen molar-refractivity contribution in [2.24, 2.45) is 0 Å². The molecular weight excluding hydrogens is 382 g/mol. The van der Waals surface area contributed by atoms with Gasteiger partial charge in [-0.15, -0.1) is 0 Å². The maximum Gasteiger partial charge on any atom is 0.416 e. The summed E-state index contributed by atoms with van der Waals surface area (Å²) in [6.07, 6.45) is -3.95. The Morgan fingerprint density at radius 1 is 1.07 bits per heavy atom. The molecule has 0 aromatic heterocycles. The quantitative estimate of drug-likeness (QED) is 0.657. The van der Waals surface area contributed by atoms with Crippen LogP contribution in [0.2, 0.25) is 0 Å². The zero-order valence-corrected chi connectivity index (χ0v) is 16.2. The van der Waals surface area contributed by atoms with E-state index in [1.807, 2.05) is 20.8 Å². The van der Waals surface area contributed by atoms with E-state index in [2.05, 4.69) is 4.72 Å². The summed E-state index contributed by atoms with van der Waals surface area (Å²) >= 11 is 0. The van der Waals surface area contributed by atoms with E-state index >= 15 is 0 Å². The number of hydrogen-bond acceptors (Lipinski definition) is 2. The highest BCUT2D eigenvalue weighted by molar-refractivity contribution is 7.92. The molecule has 0 heterocycles. The number of benzene rings is 2. The second kappa shape index (κ2) is 7.14. The van der Waals surface area contributed by atoms with Crippen LogP contribution in [0.25, 0.3) is 0 Å². The normalized spacial score (nSPS) is 12.9. The first kappa shape index (κ1) is 21.2. The Hall–Kier alpha value is -2.09. The van der Waals surface area contributed by atoms with E-state index in [9.17, 15) is 26.0 Å². The van der Waals surface area contributed by atoms with Gasteiger partial charge in [-0.1, -0.05) is 26.8 Å². The molecule has 0 radical (unpaired) electrons. The molecule has 2 aromatic rings. The van der Waals surface area contributed by atoms with Crippen molar-refractivity contribution in [2.75, 3.05) is 4.72 Å². The molecule has 3 nitrogen and oxygen atoms in total. The number of rotatable bonds is 5. The molecular formula is C19H21F4NO2S. The zero-order valence-electron chi connectivity index (χ0n) is 15.4. The number of alkyl halides is 3. The van der Waals surface area contributed by atoms with Crippen LogP contribution in [0.3, 0.4) is 0 Å². The summed E-state index contributed by atoms with van der Waals surface area (Å²) in [4.78, 5) is -0.589. The van der Waals surface area contributed by atoms with E-state index in [0.29, 0.717) is 11.6 Å². The van der Waals surface area contributed by atoms with Crippen molar-refractivity contribution in [2.45, 2.75) is 50.6 Å². The van der Waals surface area contributed by atoms with Gasteiger partial charge in [0.25, 0.3) is 10.0 Å². The molecule has 0 unspecified atom stereocenters. The fraction of sp³-hybridized carbons (Fsp3) is 0.368. The minimum absolute atomic E-state index is 0.297. The molecule has 0 aliphatic carbocycles. The third-order valence-electron chi connectivity index (χ3n) is 4.64. The predicted octanol–water partition coefficient (Wildman–Crippen LogP) is 5.64. The van der Waals surface area contributed by atoms with Crippen molar-refractivity contribution < 1.29 is 26.0 Å². The lowest BCUT2D eigenvalue weighted by Gasteiger charge is -2.26. The standard InChI is InChI=1S/C19H21F4NO2S/c1-5-18(3,4)15-11-17(16(20)9-12(15)2)24-27(25,26)14-8-6-7-13(10-14)19(21,22)23/h6-11,24H,5H2,1-4H3. The van der Waals surface area contributed by atoms with Crippen LogP contribution in [-0.2, 0) is 21.6 Å². The Balaban J connectivity index is 2.49. The smallest absolute Gasteiger partial charge is 0.277 e. The molecule has 148 valence electrons. The van der Waals surface area contributed by atoms with Crippen LogP contribution in [0.5, 0.6) is 0 Å². The highest BCUT2D eigenvalue weighted by Crippen LogP contribution is 2.34. The van der Waals surface area contributed by atoms with E-state index in [4.69, 9.17) is 0 Å². The minimum Gasteiger partial charge on any atom is -0.277 e. The first-order valence-electron chi connectivity index (χ1n) is 8.28. The number of hydrogen-bond donors (Lipinski definition) is 1. The summed E-state index contributed by atoms with van der Waals surface area (Å²) < 4.78 is 79.9. The fourth-order valence-corrected chi connectivity index (χ4v) is 3.82. The van der Waals surface area contributed by atoms with Gasteiger partial charge in [0, 0.05) is 0 Å². The Kier molecular flexibility index (Phi) is 5.61. The van der Waals surface area contributed by atoms with E-state index in [-0.39, 0.29) is 11.1 Å². The van der Waals surface area contributed by atoms with Gasteiger partial charge >= 0.3 is 6.18 Å². The Morgan fingerprint density at radius 3 is 2.26 bits per heavy atom. The highest BCUT2D eigenvalue weighted by Gasteiger charge is 2.32. The average Bonchev–Trinajstić information content (AvgIpc) is 2.56. The van der Waals surface area contributed by atoms with Crippen molar-refractivity contribution in [3.05, 3.63) is 58.9 Å². The van der Waals surface area contributed by atoms with Gasteiger partial charge in [0.15, 0.2) is 0 Å². The van der Waals surface area contributed by atoms with E-state index < -0.39 is 32.5 Å². The van der Waals surface area contributed by atoms with Gasteiger partial charge in [0.05, 0.1) is 16.1 Å². The number of nitrogens with one attached hydrogen (secondary N) is 1. The summed E-state index contributed by atoms with van der Waals surface area (Å²) in [5.74, 6) is -0.793. The molecule has 2 aromatic carbocycles. The summed E-state index contributed by atoms with van der Waals surface area (Å²) in [7, 11) is -4.39. The number of anilines is 1. The topological polar surface area (TPSA) is 46.2 Å². The first-order chi connectivity index (χ1) is 12.3. The zero-order chi connectivity index (χ0) is 20.6. The molecule has 0 saturated heterocycles. The maximum absolute atomic E-state index is 14.3. The van der Waals surface area contributed by atoms with Gasteiger partial charge in [-0.25, -0.2) is 12.8 Å². The van der Waals surface area contributed by atoms with Crippen LogP contribution in [0.15, 0.2) is 41.3 Å². The molecule has 0 atom stereocenters. The van der Waals surface area contributed by atoms with Gasteiger partial charge in [-0.3, -0.25) is 4.72 Å². The molecule has 0 amide bonds. The Morgan fingerprint density at radius 2 is 1.70 bits per heavy atom. The third kappa shape index (κ3) is 4.61. The van der Waals surface area contributed by atoms with Crippen LogP contribution in [0.4, 0.5) is 23.2 Å². The van der Waals surface area contributed by atoms with Crippen molar-refractivity contribution in [3.63, 3.8) is 0 Å². The first-order valence-corrected chi connectivity index (χ1v) is 9.77. The average molecular weight is 403 g/mol. The van der Waals surface area contributed by atoms with Crippen molar-refractivity contribution in [1.82, 2.24) is 0 Å². The highest BCUT2D eigenvalue weighted by atomic mass is 32.2. The molecule has 2 rings (SSSR count).